The van der Waals surface area contributed by atoms with Crippen LogP contribution in [0.3, 0.4) is 0 Å². The molecule has 25 heavy (non-hydrogen) atoms. The fourth-order valence-corrected chi connectivity index (χ4v) is 3.25. The highest BCUT2D eigenvalue weighted by molar-refractivity contribution is 5.77. The predicted octanol–water partition coefficient (Wildman–Crippen LogP) is 3.14. The number of aliphatic hydroxyl groups is 1. The third-order valence-electron chi connectivity index (χ3n) is 4.82. The average Bonchev–Trinajstić information content (AvgIpc) is 2.96. The molecule has 0 aliphatic heterocycles. The van der Waals surface area contributed by atoms with Crippen LogP contribution in [0.2, 0.25) is 0 Å². The van der Waals surface area contributed by atoms with Crippen LogP contribution < -0.4 is 10.1 Å². The molecule has 1 aliphatic carbocycles. The Hall–Kier alpha value is -2.33. The van der Waals surface area contributed by atoms with Gasteiger partial charge < -0.3 is 15.2 Å². The molecule has 4 heteroatoms. The van der Waals surface area contributed by atoms with E-state index in [0.29, 0.717) is 18.1 Å². The van der Waals surface area contributed by atoms with Crippen LogP contribution in [-0.4, -0.2) is 24.2 Å². The van der Waals surface area contributed by atoms with Crippen LogP contribution in [0, 0.1) is 0 Å². The molecular formula is C21H25NO3. The maximum atomic E-state index is 12.1. The summed E-state index contributed by atoms with van der Waals surface area (Å²) in [5.41, 5.74) is 2.32. The van der Waals surface area contributed by atoms with Crippen molar-refractivity contribution >= 4 is 5.91 Å². The fourth-order valence-electron chi connectivity index (χ4n) is 3.25. The van der Waals surface area contributed by atoms with Crippen molar-refractivity contribution in [1.82, 2.24) is 5.32 Å². The van der Waals surface area contributed by atoms with Crippen molar-refractivity contribution in [2.75, 3.05) is 13.2 Å². The van der Waals surface area contributed by atoms with Crippen molar-refractivity contribution in [3.05, 3.63) is 65.2 Å². The predicted molar refractivity (Wildman–Crippen MR) is 97.7 cm³/mol. The lowest BCUT2D eigenvalue weighted by atomic mass is 9.96. The Labute approximate surface area is 148 Å². The summed E-state index contributed by atoms with van der Waals surface area (Å²) in [6, 6.07) is 15.6. The van der Waals surface area contributed by atoms with Gasteiger partial charge >= 0.3 is 0 Å². The number of rotatable bonds is 6. The van der Waals surface area contributed by atoms with E-state index in [0.717, 1.165) is 17.5 Å². The molecule has 1 unspecified atom stereocenters. The molecule has 0 aromatic heterocycles. The van der Waals surface area contributed by atoms with Crippen molar-refractivity contribution in [1.29, 1.82) is 0 Å². The molecule has 1 atom stereocenters. The molecule has 1 aliphatic rings. The average molecular weight is 339 g/mol. The minimum atomic E-state index is -0.981. The topological polar surface area (TPSA) is 58.6 Å². The van der Waals surface area contributed by atoms with Gasteiger partial charge in [0.05, 0.1) is 6.54 Å². The van der Waals surface area contributed by atoms with Gasteiger partial charge in [0.25, 0.3) is 5.91 Å². The Morgan fingerprint density at radius 2 is 1.92 bits per heavy atom. The van der Waals surface area contributed by atoms with E-state index in [2.05, 4.69) is 19.2 Å². The van der Waals surface area contributed by atoms with Crippen LogP contribution >= 0.6 is 0 Å². The van der Waals surface area contributed by atoms with Crippen LogP contribution in [-0.2, 0) is 16.8 Å². The van der Waals surface area contributed by atoms with Gasteiger partial charge in [-0.3, -0.25) is 4.79 Å². The van der Waals surface area contributed by atoms with Gasteiger partial charge in [-0.1, -0.05) is 50.2 Å². The normalized spacial score (nSPS) is 18.9. The Morgan fingerprint density at radius 3 is 2.64 bits per heavy atom. The van der Waals surface area contributed by atoms with Crippen LogP contribution in [0.25, 0.3) is 0 Å². The molecule has 0 saturated heterocycles. The molecule has 2 N–H and O–H groups in total. The van der Waals surface area contributed by atoms with Gasteiger partial charge in [0, 0.05) is 0 Å². The molecule has 0 saturated carbocycles. The Morgan fingerprint density at radius 1 is 1.20 bits per heavy atom. The highest BCUT2D eigenvalue weighted by Gasteiger charge is 2.36. The SMILES string of the molecule is CC(C)c1ccc(OCC(=O)NCC2(O)CCc3ccccc32)cc1. The smallest absolute Gasteiger partial charge is 0.258 e. The minimum absolute atomic E-state index is 0.0568. The van der Waals surface area contributed by atoms with Crippen molar-refractivity contribution in [3.8, 4) is 5.75 Å². The monoisotopic (exact) mass is 339 g/mol. The molecule has 0 fully saturated rings. The number of hydrogen-bond donors (Lipinski definition) is 2. The lowest BCUT2D eigenvalue weighted by Crippen LogP contribution is -2.41. The number of carbonyl (C=O) groups is 1. The third-order valence-corrected chi connectivity index (χ3v) is 4.82. The van der Waals surface area contributed by atoms with E-state index in [1.807, 2.05) is 48.5 Å². The Balaban J connectivity index is 1.50. The lowest BCUT2D eigenvalue weighted by Gasteiger charge is -2.24. The van der Waals surface area contributed by atoms with Gasteiger partial charge in [-0.2, -0.15) is 0 Å². The summed E-state index contributed by atoms with van der Waals surface area (Å²) >= 11 is 0. The second-order valence-electron chi connectivity index (χ2n) is 6.98. The number of carbonyl (C=O) groups excluding carboxylic acids is 1. The summed E-state index contributed by atoms with van der Waals surface area (Å²) in [7, 11) is 0. The maximum Gasteiger partial charge on any atom is 0.258 e. The molecule has 2 aromatic rings. The summed E-state index contributed by atoms with van der Waals surface area (Å²) in [5, 5.41) is 13.6. The van der Waals surface area contributed by atoms with E-state index < -0.39 is 5.60 Å². The Bertz CT molecular complexity index is 739. The van der Waals surface area contributed by atoms with Crippen LogP contribution in [0.1, 0.15) is 42.9 Å². The summed E-state index contributed by atoms with van der Waals surface area (Å²) < 4.78 is 5.53. The van der Waals surface area contributed by atoms with Crippen LogP contribution in [0.4, 0.5) is 0 Å². The van der Waals surface area contributed by atoms with E-state index >= 15 is 0 Å². The molecule has 1 amide bonds. The van der Waals surface area contributed by atoms with E-state index in [1.165, 1.54) is 5.56 Å². The second-order valence-corrected chi connectivity index (χ2v) is 6.98. The first-order valence-corrected chi connectivity index (χ1v) is 8.78. The number of fused-ring (bicyclic) bond motifs is 1. The largest absolute Gasteiger partial charge is 0.484 e. The number of amides is 1. The Kier molecular flexibility index (Phi) is 5.09. The van der Waals surface area contributed by atoms with Gasteiger partial charge in [0.15, 0.2) is 6.61 Å². The van der Waals surface area contributed by atoms with Crippen LogP contribution in [0.5, 0.6) is 5.75 Å². The van der Waals surface area contributed by atoms with E-state index in [-0.39, 0.29) is 19.1 Å². The number of hydrogen-bond acceptors (Lipinski definition) is 3. The maximum absolute atomic E-state index is 12.1. The standard InChI is InChI=1S/C21H25NO3/c1-15(2)16-7-9-18(10-8-16)25-13-20(23)22-14-21(24)12-11-17-5-3-4-6-19(17)21/h3-10,15,24H,11-14H2,1-2H3,(H,22,23). The van der Waals surface area contributed by atoms with Gasteiger partial charge in [0.2, 0.25) is 0 Å². The zero-order valence-corrected chi connectivity index (χ0v) is 14.8. The van der Waals surface area contributed by atoms with Gasteiger partial charge in [0.1, 0.15) is 11.4 Å². The first kappa shape index (κ1) is 17.5. The van der Waals surface area contributed by atoms with Gasteiger partial charge in [-0.15, -0.1) is 0 Å². The second kappa shape index (κ2) is 7.28. The highest BCUT2D eigenvalue weighted by Crippen LogP contribution is 2.36. The molecule has 0 spiro atoms. The quantitative estimate of drug-likeness (QED) is 0.850. The van der Waals surface area contributed by atoms with E-state index in [9.17, 15) is 9.90 Å². The highest BCUT2D eigenvalue weighted by atomic mass is 16.5. The zero-order chi connectivity index (χ0) is 17.9. The summed E-state index contributed by atoms with van der Waals surface area (Å²) in [6.07, 6.45) is 1.46. The fraction of sp³-hybridized carbons (Fsp3) is 0.381. The number of aryl methyl sites for hydroxylation is 1. The third kappa shape index (κ3) is 4.02. The lowest BCUT2D eigenvalue weighted by molar-refractivity contribution is -0.124. The number of benzene rings is 2. The minimum Gasteiger partial charge on any atom is -0.484 e. The van der Waals surface area contributed by atoms with E-state index in [4.69, 9.17) is 4.74 Å². The van der Waals surface area contributed by atoms with Crippen molar-refractivity contribution in [2.24, 2.45) is 0 Å². The number of ether oxygens (including phenoxy) is 1. The zero-order valence-electron chi connectivity index (χ0n) is 14.8. The first-order valence-electron chi connectivity index (χ1n) is 8.78. The number of nitrogens with one attached hydrogen (secondary N) is 1. The first-order chi connectivity index (χ1) is 12.0. The molecule has 4 nitrogen and oxygen atoms in total. The van der Waals surface area contributed by atoms with Gasteiger partial charge in [-0.05, 0) is 47.6 Å². The van der Waals surface area contributed by atoms with Gasteiger partial charge in [-0.25, -0.2) is 0 Å². The summed E-state index contributed by atoms with van der Waals surface area (Å²) in [6.45, 7) is 4.42. The summed E-state index contributed by atoms with van der Waals surface area (Å²) in [4.78, 5) is 12.1. The molecule has 0 heterocycles. The van der Waals surface area contributed by atoms with Crippen LogP contribution in [0.15, 0.2) is 48.5 Å². The molecule has 132 valence electrons. The van der Waals surface area contributed by atoms with Crippen molar-refractivity contribution < 1.29 is 14.6 Å². The molecule has 0 radical (unpaired) electrons. The van der Waals surface area contributed by atoms with Crippen molar-refractivity contribution in [3.63, 3.8) is 0 Å². The van der Waals surface area contributed by atoms with Crippen molar-refractivity contribution in [2.45, 2.75) is 38.2 Å². The molecular weight excluding hydrogens is 314 g/mol. The molecule has 0 bridgehead atoms. The van der Waals surface area contributed by atoms with E-state index in [1.54, 1.807) is 0 Å². The summed E-state index contributed by atoms with van der Waals surface area (Å²) in [5.74, 6) is 0.905. The molecule has 2 aromatic carbocycles. The molecule has 3 rings (SSSR count).